The van der Waals surface area contributed by atoms with E-state index in [0.29, 0.717) is 11.5 Å². The van der Waals surface area contributed by atoms with E-state index < -0.39 is 0 Å². The molecule has 8 nitrogen and oxygen atoms in total. The Morgan fingerprint density at radius 1 is 0.556 bits per heavy atom. The zero-order valence-electron chi connectivity index (χ0n) is 43.8. The predicted molar refractivity (Wildman–Crippen MR) is 289 cm³/mol. The van der Waals surface area contributed by atoms with Gasteiger partial charge in [-0.3, -0.25) is 4.90 Å². The van der Waals surface area contributed by atoms with Crippen LogP contribution in [-0.4, -0.2) is 9.55 Å². The molecule has 0 fully saturated rings. The summed E-state index contributed by atoms with van der Waals surface area (Å²) in [5.41, 5.74) is 13.8. The second-order valence-corrected chi connectivity index (χ2v) is 24.5. The molecule has 0 saturated heterocycles. The third kappa shape index (κ3) is 7.61. The van der Waals surface area contributed by atoms with Gasteiger partial charge in [0.15, 0.2) is 23.0 Å². The molecular weight excluding hydrogens is 1070 g/mol. The summed E-state index contributed by atoms with van der Waals surface area (Å²) in [7, 11) is 0. The maximum atomic E-state index is 7.02. The van der Waals surface area contributed by atoms with Crippen LogP contribution in [0.2, 0.25) is 0 Å². The van der Waals surface area contributed by atoms with E-state index in [0.717, 1.165) is 79.1 Å². The first kappa shape index (κ1) is 47.8. The normalized spacial score (nSPS) is 15.4. The zero-order chi connectivity index (χ0) is 49.9. The van der Waals surface area contributed by atoms with Crippen LogP contribution in [0.3, 0.4) is 0 Å². The van der Waals surface area contributed by atoms with Crippen molar-refractivity contribution in [1.82, 2.24) is 9.55 Å². The van der Waals surface area contributed by atoms with E-state index in [2.05, 4.69) is 196 Å². The summed E-state index contributed by atoms with van der Waals surface area (Å²) in [6.07, 6.45) is 5.99. The van der Waals surface area contributed by atoms with E-state index >= 15 is 0 Å². The molecule has 0 spiro atoms. The van der Waals surface area contributed by atoms with Crippen molar-refractivity contribution in [2.45, 2.75) is 124 Å². The number of hydrogen-bond acceptors (Lipinski definition) is 7. The molecule has 0 aliphatic carbocycles. The molecule has 2 aromatic heterocycles. The molecule has 6 heterocycles. The Morgan fingerprint density at radius 3 is 1.74 bits per heavy atom. The first-order valence-corrected chi connectivity index (χ1v) is 24.9. The minimum Gasteiger partial charge on any atom is -0.509 e. The quantitative estimate of drug-likeness (QED) is 0.159. The first-order valence-electron chi connectivity index (χ1n) is 24.9. The van der Waals surface area contributed by atoms with Crippen molar-refractivity contribution in [3.63, 3.8) is 0 Å². The molecule has 72 heavy (non-hydrogen) atoms. The van der Waals surface area contributed by atoms with E-state index in [-0.39, 0.29) is 48.1 Å². The van der Waals surface area contributed by atoms with Gasteiger partial charge in [0.25, 0.3) is 0 Å². The van der Waals surface area contributed by atoms with Crippen molar-refractivity contribution in [2.24, 2.45) is 0 Å². The van der Waals surface area contributed by atoms with E-state index in [1.165, 1.54) is 33.4 Å². The standard InChI is InChI=1S/C63H62N5O3.Pt/c1-59(2,3)37-18-21-49-46(26-37)45-20-19-44(35-50(45)67(49)55-31-38(22-23-64-55)60(4,5)6)69-43-17-15-16-41(32-43)65-24-25-66(36-65)42-33-53-58-54(34-42)71-52-30-40(62(10,11)12)28-48-57(52)68(58)56-47(63(48,13)14)27-39(61(7,8)9)29-51(56)70-53;/h15-31,33-34,36H,1-14H3;/q-3;. The van der Waals surface area contributed by atoms with Crippen LogP contribution in [0.4, 0.5) is 28.4 Å². The van der Waals surface area contributed by atoms with Crippen LogP contribution in [0.25, 0.3) is 27.6 Å². The van der Waals surface area contributed by atoms with Crippen LogP contribution in [0, 0.1) is 18.8 Å². The van der Waals surface area contributed by atoms with Crippen molar-refractivity contribution in [1.29, 1.82) is 0 Å². The van der Waals surface area contributed by atoms with Crippen molar-refractivity contribution in [2.75, 3.05) is 14.7 Å². The van der Waals surface area contributed by atoms with Gasteiger partial charge in [-0.1, -0.05) is 127 Å². The molecule has 8 aromatic rings. The summed E-state index contributed by atoms with van der Waals surface area (Å²) in [6.45, 7) is 33.8. The molecule has 0 unspecified atom stereocenters. The summed E-state index contributed by atoms with van der Waals surface area (Å²) in [4.78, 5) is 11.5. The van der Waals surface area contributed by atoms with Gasteiger partial charge in [0, 0.05) is 67.5 Å². The Hall–Kier alpha value is -6.50. The van der Waals surface area contributed by atoms with Crippen molar-refractivity contribution >= 4 is 50.2 Å². The molecular formula is C63H62N5O3Pt-3. The zero-order valence-corrected chi connectivity index (χ0v) is 46.1. The van der Waals surface area contributed by atoms with E-state index in [1.807, 2.05) is 54.4 Å². The summed E-state index contributed by atoms with van der Waals surface area (Å²) in [6, 6.07) is 41.9. The summed E-state index contributed by atoms with van der Waals surface area (Å²) >= 11 is 0. The number of aromatic nitrogens is 2. The molecule has 4 aliphatic rings. The minimum absolute atomic E-state index is 0. The topological polar surface area (TPSA) is 55.2 Å². The molecule has 0 saturated carbocycles. The van der Waals surface area contributed by atoms with Gasteiger partial charge in [-0.25, -0.2) is 4.98 Å². The summed E-state index contributed by atoms with van der Waals surface area (Å²) in [5.74, 6) is 5.24. The van der Waals surface area contributed by atoms with Crippen molar-refractivity contribution in [3.05, 3.63) is 168 Å². The Labute approximate surface area is 439 Å². The minimum atomic E-state index is -0.298. The molecule has 0 N–H and O–H groups in total. The van der Waals surface area contributed by atoms with Crippen LogP contribution in [-0.2, 0) is 48.1 Å². The number of anilines is 5. The molecule has 4 aliphatic heterocycles. The average Bonchev–Trinajstić information content (AvgIpc) is 3.92. The number of ether oxygens (including phenoxy) is 3. The molecule has 12 rings (SSSR count). The second-order valence-electron chi connectivity index (χ2n) is 24.5. The second kappa shape index (κ2) is 16.0. The Balaban J connectivity index is 0.00000560. The molecule has 0 radical (unpaired) electrons. The van der Waals surface area contributed by atoms with Crippen LogP contribution in [0.5, 0.6) is 34.5 Å². The monoisotopic (exact) mass is 1130 g/mol. The Kier molecular flexibility index (Phi) is 10.6. The molecule has 6 aromatic carbocycles. The number of nitrogens with zero attached hydrogens (tertiary/aromatic N) is 5. The largest absolute Gasteiger partial charge is 0.509 e. The van der Waals surface area contributed by atoms with Gasteiger partial charge in [0.05, 0.1) is 11.4 Å². The van der Waals surface area contributed by atoms with Crippen LogP contribution in [0.1, 0.15) is 130 Å². The predicted octanol–water partition coefficient (Wildman–Crippen LogP) is 17.0. The van der Waals surface area contributed by atoms with Crippen LogP contribution < -0.4 is 28.9 Å². The van der Waals surface area contributed by atoms with Crippen molar-refractivity contribution in [3.8, 4) is 40.3 Å². The van der Waals surface area contributed by atoms with Crippen molar-refractivity contribution < 1.29 is 35.3 Å². The third-order valence-electron chi connectivity index (χ3n) is 14.9. The number of benzene rings is 6. The molecule has 0 amide bonds. The van der Waals surface area contributed by atoms with E-state index in [4.69, 9.17) is 19.2 Å². The maximum absolute atomic E-state index is 7.02. The number of hydrogen-bond donors (Lipinski definition) is 0. The van der Waals surface area contributed by atoms with E-state index in [1.54, 1.807) is 0 Å². The smallest absolute Gasteiger partial charge is 0.157 e. The van der Waals surface area contributed by atoms with Gasteiger partial charge >= 0.3 is 0 Å². The fraction of sp³-hybridized carbons (Fsp3) is 0.302. The fourth-order valence-electron chi connectivity index (χ4n) is 10.6. The van der Waals surface area contributed by atoms with Gasteiger partial charge in [-0.2, -0.15) is 12.1 Å². The third-order valence-corrected chi connectivity index (χ3v) is 14.9. The number of fused-ring (bicyclic) bond motifs is 3. The van der Waals surface area contributed by atoms with Gasteiger partial charge in [-0.15, -0.1) is 48.1 Å². The Morgan fingerprint density at radius 2 is 1.12 bits per heavy atom. The summed E-state index contributed by atoms with van der Waals surface area (Å²) in [5, 5.41) is 2.25. The molecule has 0 bridgehead atoms. The SMILES string of the molecule is CC(C)(C)c1ccnc(-n2c3[c-]c(Oc4[c-]c(N5C=CN(c6cc7c8c(c6)Oc6cc(C(C)(C)C)cc9c6N8c6c(cc(C(C)(C)C)cc6C9(C)C)O7)[CH-]5)ccc4)ccc3c3cc(C(C)(C)C)ccc32)c1.[Pt]. The van der Waals surface area contributed by atoms with Gasteiger partial charge in [-0.05, 0) is 103 Å². The van der Waals surface area contributed by atoms with Crippen LogP contribution >= 0.6 is 0 Å². The number of pyridine rings is 1. The number of rotatable bonds is 5. The maximum Gasteiger partial charge on any atom is 0.157 e. The van der Waals surface area contributed by atoms with E-state index in [9.17, 15) is 0 Å². The molecule has 0 atom stereocenters. The van der Waals surface area contributed by atoms with Gasteiger partial charge in [0.1, 0.15) is 11.5 Å². The first-order chi connectivity index (χ1) is 33.4. The molecule has 370 valence electrons. The Bertz CT molecular complexity index is 3500. The fourth-order valence-corrected chi connectivity index (χ4v) is 10.6. The van der Waals surface area contributed by atoms with Crippen LogP contribution in [0.15, 0.2) is 116 Å². The van der Waals surface area contributed by atoms with Gasteiger partial charge < -0.3 is 28.6 Å². The average molecular weight is 1130 g/mol. The summed E-state index contributed by atoms with van der Waals surface area (Å²) < 4.78 is 22.9. The molecule has 9 heteroatoms. The van der Waals surface area contributed by atoms with Gasteiger partial charge in [0.2, 0.25) is 0 Å².